The highest BCUT2D eigenvalue weighted by molar-refractivity contribution is 8.00. The van der Waals surface area contributed by atoms with E-state index in [9.17, 15) is 9.59 Å². The fourth-order valence-electron chi connectivity index (χ4n) is 2.33. The number of amides is 2. The van der Waals surface area contributed by atoms with Crippen LogP contribution in [0.3, 0.4) is 0 Å². The standard InChI is InChI=1S/C16H22N2O2S/c1-4-9-17-14(19)11-18-12-7-5-6-8-13(12)21-16(2,3)10-15(18)20/h5-8H,4,9-11H2,1-3H3,(H,17,19). The zero-order valence-corrected chi connectivity index (χ0v) is 13.6. The van der Waals surface area contributed by atoms with Crippen LogP contribution in [0.25, 0.3) is 0 Å². The van der Waals surface area contributed by atoms with Crippen LogP contribution in [0.4, 0.5) is 5.69 Å². The molecule has 0 radical (unpaired) electrons. The molecule has 1 aromatic rings. The van der Waals surface area contributed by atoms with Crippen molar-refractivity contribution >= 4 is 29.3 Å². The molecule has 1 heterocycles. The van der Waals surface area contributed by atoms with E-state index in [1.165, 1.54) is 0 Å². The monoisotopic (exact) mass is 306 g/mol. The number of carbonyl (C=O) groups excluding carboxylic acids is 2. The number of nitrogens with zero attached hydrogens (tertiary/aromatic N) is 1. The molecule has 0 atom stereocenters. The number of rotatable bonds is 4. The Morgan fingerprint density at radius 3 is 2.81 bits per heavy atom. The maximum atomic E-state index is 12.5. The molecule has 0 aromatic heterocycles. The molecule has 114 valence electrons. The second-order valence-electron chi connectivity index (χ2n) is 5.84. The Labute approximate surface area is 130 Å². The first-order chi connectivity index (χ1) is 9.93. The summed E-state index contributed by atoms with van der Waals surface area (Å²) in [6.45, 7) is 6.86. The molecule has 2 amide bonds. The Morgan fingerprint density at radius 2 is 2.10 bits per heavy atom. The number of nitrogens with one attached hydrogen (secondary N) is 1. The van der Waals surface area contributed by atoms with E-state index in [0.717, 1.165) is 17.0 Å². The van der Waals surface area contributed by atoms with E-state index in [1.54, 1.807) is 16.7 Å². The van der Waals surface area contributed by atoms with Gasteiger partial charge in [0.25, 0.3) is 0 Å². The predicted octanol–water partition coefficient (Wildman–Crippen LogP) is 2.82. The number of hydrogen-bond acceptors (Lipinski definition) is 3. The van der Waals surface area contributed by atoms with E-state index in [4.69, 9.17) is 0 Å². The maximum Gasteiger partial charge on any atom is 0.240 e. The van der Waals surface area contributed by atoms with Gasteiger partial charge in [0.2, 0.25) is 11.8 Å². The van der Waals surface area contributed by atoms with Gasteiger partial charge in [-0.2, -0.15) is 0 Å². The van der Waals surface area contributed by atoms with Gasteiger partial charge in [-0.15, -0.1) is 11.8 Å². The van der Waals surface area contributed by atoms with Gasteiger partial charge in [-0.05, 0) is 32.4 Å². The quantitative estimate of drug-likeness (QED) is 0.930. The van der Waals surface area contributed by atoms with Gasteiger partial charge >= 0.3 is 0 Å². The first-order valence-corrected chi connectivity index (χ1v) is 8.10. The molecule has 0 spiro atoms. The molecule has 0 unspecified atom stereocenters. The number of anilines is 1. The van der Waals surface area contributed by atoms with E-state index in [0.29, 0.717) is 13.0 Å². The molecule has 5 heteroatoms. The van der Waals surface area contributed by atoms with Crippen LogP contribution in [-0.4, -0.2) is 29.7 Å². The summed E-state index contributed by atoms with van der Waals surface area (Å²) < 4.78 is -0.165. The van der Waals surface area contributed by atoms with Crippen LogP contribution in [0.5, 0.6) is 0 Å². The summed E-state index contributed by atoms with van der Waals surface area (Å²) in [4.78, 5) is 27.2. The molecule has 0 fully saturated rings. The lowest BCUT2D eigenvalue weighted by Gasteiger charge is -2.22. The van der Waals surface area contributed by atoms with Crippen LogP contribution in [-0.2, 0) is 9.59 Å². The SMILES string of the molecule is CCCNC(=O)CN1C(=O)CC(C)(C)Sc2ccccc21. The molecule has 2 rings (SSSR count). The van der Waals surface area contributed by atoms with Crippen molar-refractivity contribution in [2.24, 2.45) is 0 Å². The molecule has 0 bridgehead atoms. The number of benzene rings is 1. The number of thioether (sulfide) groups is 1. The van der Waals surface area contributed by atoms with Gasteiger partial charge in [-0.1, -0.05) is 19.1 Å². The lowest BCUT2D eigenvalue weighted by molar-refractivity contribution is -0.124. The molecular formula is C16H22N2O2S. The second kappa shape index (κ2) is 6.52. The third-order valence-corrected chi connectivity index (χ3v) is 4.56. The smallest absolute Gasteiger partial charge is 0.240 e. The largest absolute Gasteiger partial charge is 0.355 e. The van der Waals surface area contributed by atoms with Gasteiger partial charge < -0.3 is 10.2 Å². The van der Waals surface area contributed by atoms with Crippen molar-refractivity contribution in [3.8, 4) is 0 Å². The summed E-state index contributed by atoms with van der Waals surface area (Å²) in [6, 6.07) is 7.79. The minimum absolute atomic E-state index is 0.00379. The molecule has 0 saturated carbocycles. The van der Waals surface area contributed by atoms with Crippen LogP contribution >= 0.6 is 11.8 Å². The summed E-state index contributed by atoms with van der Waals surface area (Å²) in [5, 5.41) is 2.83. The van der Waals surface area contributed by atoms with Crippen molar-refractivity contribution in [3.63, 3.8) is 0 Å². The summed E-state index contributed by atoms with van der Waals surface area (Å²) in [5.74, 6) is -0.103. The number of fused-ring (bicyclic) bond motifs is 1. The number of hydrogen-bond donors (Lipinski definition) is 1. The van der Waals surface area contributed by atoms with Crippen molar-refractivity contribution in [1.29, 1.82) is 0 Å². The van der Waals surface area contributed by atoms with E-state index in [-0.39, 0.29) is 23.1 Å². The van der Waals surface area contributed by atoms with Crippen LogP contribution in [0.2, 0.25) is 0 Å². The van der Waals surface area contributed by atoms with Crippen molar-refractivity contribution in [2.75, 3.05) is 18.0 Å². The molecule has 21 heavy (non-hydrogen) atoms. The topological polar surface area (TPSA) is 49.4 Å². The van der Waals surface area contributed by atoms with Gasteiger partial charge in [-0.25, -0.2) is 0 Å². The number of para-hydroxylation sites is 1. The minimum Gasteiger partial charge on any atom is -0.355 e. The molecule has 1 aliphatic heterocycles. The lowest BCUT2D eigenvalue weighted by atomic mass is 10.1. The highest BCUT2D eigenvalue weighted by atomic mass is 32.2. The summed E-state index contributed by atoms with van der Waals surface area (Å²) in [5.41, 5.74) is 0.838. The Balaban J connectivity index is 2.27. The van der Waals surface area contributed by atoms with Crippen LogP contribution in [0.15, 0.2) is 29.2 Å². The van der Waals surface area contributed by atoms with Crippen molar-refractivity contribution < 1.29 is 9.59 Å². The second-order valence-corrected chi connectivity index (χ2v) is 7.59. The molecule has 0 aliphatic carbocycles. The molecule has 0 saturated heterocycles. The van der Waals surface area contributed by atoms with Gasteiger partial charge in [0.1, 0.15) is 6.54 Å². The predicted molar refractivity (Wildman–Crippen MR) is 86.6 cm³/mol. The molecule has 1 aliphatic rings. The van der Waals surface area contributed by atoms with E-state index >= 15 is 0 Å². The van der Waals surface area contributed by atoms with E-state index < -0.39 is 0 Å². The van der Waals surface area contributed by atoms with Crippen molar-refractivity contribution in [2.45, 2.75) is 43.3 Å². The molecular weight excluding hydrogens is 284 g/mol. The third kappa shape index (κ3) is 4.00. The fraction of sp³-hybridized carbons (Fsp3) is 0.500. The van der Waals surface area contributed by atoms with Crippen LogP contribution in [0, 0.1) is 0 Å². The van der Waals surface area contributed by atoms with Gasteiger partial charge in [0.05, 0.1) is 5.69 Å². The highest BCUT2D eigenvalue weighted by Gasteiger charge is 2.33. The Hall–Kier alpha value is -1.49. The fourth-order valence-corrected chi connectivity index (χ4v) is 3.55. The van der Waals surface area contributed by atoms with E-state index in [2.05, 4.69) is 19.2 Å². The Kier molecular flexibility index (Phi) is 4.93. The minimum atomic E-state index is -0.165. The lowest BCUT2D eigenvalue weighted by Crippen LogP contribution is -2.42. The zero-order chi connectivity index (χ0) is 15.5. The number of carbonyl (C=O) groups is 2. The Morgan fingerprint density at radius 1 is 1.38 bits per heavy atom. The van der Waals surface area contributed by atoms with Crippen LogP contribution in [0.1, 0.15) is 33.6 Å². The van der Waals surface area contributed by atoms with Gasteiger partial charge in [0.15, 0.2) is 0 Å². The van der Waals surface area contributed by atoms with Crippen molar-refractivity contribution in [1.82, 2.24) is 5.32 Å². The average Bonchev–Trinajstić information content (AvgIpc) is 2.51. The highest BCUT2D eigenvalue weighted by Crippen LogP contribution is 2.43. The summed E-state index contributed by atoms with van der Waals surface area (Å²) in [6.07, 6.45) is 1.31. The molecule has 1 N–H and O–H groups in total. The molecule has 4 nitrogen and oxygen atoms in total. The first kappa shape index (κ1) is 15.9. The Bertz CT molecular complexity index is 543. The average molecular weight is 306 g/mol. The molecule has 1 aromatic carbocycles. The van der Waals surface area contributed by atoms with E-state index in [1.807, 2.05) is 31.2 Å². The van der Waals surface area contributed by atoms with Gasteiger partial charge in [0, 0.05) is 22.6 Å². The third-order valence-electron chi connectivity index (χ3n) is 3.29. The summed E-state index contributed by atoms with van der Waals surface area (Å²) in [7, 11) is 0. The van der Waals surface area contributed by atoms with Crippen LogP contribution < -0.4 is 10.2 Å². The zero-order valence-electron chi connectivity index (χ0n) is 12.8. The van der Waals surface area contributed by atoms with Gasteiger partial charge in [-0.3, -0.25) is 9.59 Å². The first-order valence-electron chi connectivity index (χ1n) is 7.28. The maximum absolute atomic E-state index is 12.5. The van der Waals surface area contributed by atoms with Crippen molar-refractivity contribution in [3.05, 3.63) is 24.3 Å². The normalized spacial score (nSPS) is 17.1. The summed E-state index contributed by atoms with van der Waals surface area (Å²) >= 11 is 1.69.